The molecule has 3 heterocycles. The van der Waals surface area contributed by atoms with Gasteiger partial charge in [-0.25, -0.2) is 4.98 Å². The molecule has 0 amide bonds. The Morgan fingerprint density at radius 3 is 2.76 bits per heavy atom. The maximum absolute atomic E-state index is 13.3. The minimum absolute atomic E-state index is 0.0199. The highest BCUT2D eigenvalue weighted by atomic mass is 35.5. The summed E-state index contributed by atoms with van der Waals surface area (Å²) in [5, 5.41) is 16.4. The second-order valence-corrected chi connectivity index (χ2v) is 7.17. The molecule has 0 saturated carbocycles. The first-order chi connectivity index (χ1) is 13.9. The molecule has 2 aromatic heterocycles. The number of nitriles is 1. The minimum Gasteiger partial charge on any atom is -0.382 e. The van der Waals surface area contributed by atoms with Gasteiger partial charge in [-0.1, -0.05) is 17.7 Å². The topological polar surface area (TPSA) is 161 Å². The third-order valence-corrected chi connectivity index (χ3v) is 5.15. The van der Waals surface area contributed by atoms with Crippen LogP contribution in [0.4, 0.5) is 17.6 Å². The van der Waals surface area contributed by atoms with E-state index in [1.165, 1.54) is 0 Å². The number of anilines is 3. The smallest absolute Gasteiger partial charge is 0.263 e. The van der Waals surface area contributed by atoms with E-state index in [1.807, 2.05) is 13.0 Å². The molecular weight excluding hydrogens is 394 g/mol. The summed E-state index contributed by atoms with van der Waals surface area (Å²) in [6, 6.07) is 6.60. The fourth-order valence-corrected chi connectivity index (χ4v) is 3.56. The number of nitrogens with two attached hydrogens (primary N) is 2. The lowest BCUT2D eigenvalue weighted by Crippen LogP contribution is -2.48. The summed E-state index contributed by atoms with van der Waals surface area (Å²) >= 11 is 6.27. The largest absolute Gasteiger partial charge is 0.382 e. The molecule has 0 bridgehead atoms. The van der Waals surface area contributed by atoms with Crippen molar-refractivity contribution in [3.8, 4) is 6.07 Å². The van der Waals surface area contributed by atoms with Crippen molar-refractivity contribution in [1.82, 2.24) is 24.8 Å². The molecule has 148 valence electrons. The van der Waals surface area contributed by atoms with Crippen molar-refractivity contribution in [3.05, 3.63) is 45.0 Å². The van der Waals surface area contributed by atoms with Crippen LogP contribution < -0.4 is 27.7 Å². The summed E-state index contributed by atoms with van der Waals surface area (Å²) in [7, 11) is 0. The standard InChI is InChI=1S/C18H18ClN9O/c1-8(24-15-10(5-20)14(21)26-18(22)27-15)16-25-12-4-2-3-11(19)13(12)17(29)28(16)9-6-23-7-9/h2-4,8-9,23H,6-7H2,1H3,(H5,21,22,24,26,27). The monoisotopic (exact) mass is 411 g/mol. The van der Waals surface area contributed by atoms with Gasteiger partial charge >= 0.3 is 0 Å². The SMILES string of the molecule is CC(Nc1nc(N)nc(N)c1C#N)c1nc2cccc(Cl)c2c(=O)n1C1CNC1. The fraction of sp³-hybridized carbons (Fsp3) is 0.278. The van der Waals surface area contributed by atoms with Gasteiger partial charge in [0.2, 0.25) is 5.95 Å². The van der Waals surface area contributed by atoms with Crippen LogP contribution in [-0.2, 0) is 0 Å². The lowest BCUT2D eigenvalue weighted by molar-refractivity contribution is 0.323. The van der Waals surface area contributed by atoms with Gasteiger partial charge in [-0.3, -0.25) is 9.36 Å². The van der Waals surface area contributed by atoms with Crippen molar-refractivity contribution >= 4 is 40.1 Å². The quantitative estimate of drug-likeness (QED) is 0.494. The molecule has 0 radical (unpaired) electrons. The fourth-order valence-electron chi connectivity index (χ4n) is 3.31. The average molecular weight is 412 g/mol. The van der Waals surface area contributed by atoms with E-state index in [4.69, 9.17) is 28.1 Å². The van der Waals surface area contributed by atoms with Crippen molar-refractivity contribution in [3.63, 3.8) is 0 Å². The van der Waals surface area contributed by atoms with Crippen LogP contribution in [0.1, 0.15) is 30.4 Å². The van der Waals surface area contributed by atoms with Crippen molar-refractivity contribution in [2.75, 3.05) is 29.9 Å². The Hall–Kier alpha value is -3.42. The lowest BCUT2D eigenvalue weighted by Gasteiger charge is -2.32. The lowest BCUT2D eigenvalue weighted by atomic mass is 10.1. The van der Waals surface area contributed by atoms with E-state index < -0.39 is 6.04 Å². The maximum atomic E-state index is 13.3. The number of hydrogen-bond donors (Lipinski definition) is 4. The Bertz CT molecular complexity index is 1210. The van der Waals surface area contributed by atoms with Crippen LogP contribution in [0.2, 0.25) is 5.02 Å². The Morgan fingerprint density at radius 1 is 1.34 bits per heavy atom. The predicted octanol–water partition coefficient (Wildman–Crippen LogP) is 1.19. The highest BCUT2D eigenvalue weighted by molar-refractivity contribution is 6.35. The van der Waals surface area contributed by atoms with Gasteiger partial charge in [0.25, 0.3) is 5.56 Å². The van der Waals surface area contributed by atoms with E-state index in [1.54, 1.807) is 22.8 Å². The number of nitrogens with zero attached hydrogens (tertiary/aromatic N) is 5. The summed E-state index contributed by atoms with van der Waals surface area (Å²) in [5.41, 5.74) is 11.8. The molecule has 1 aliphatic rings. The third kappa shape index (κ3) is 3.20. The summed E-state index contributed by atoms with van der Waals surface area (Å²) in [5.74, 6) is 0.600. The minimum atomic E-state index is -0.479. The highest BCUT2D eigenvalue weighted by Crippen LogP contribution is 2.27. The molecule has 1 atom stereocenters. The molecule has 0 spiro atoms. The van der Waals surface area contributed by atoms with Crippen LogP contribution >= 0.6 is 11.6 Å². The predicted molar refractivity (Wildman–Crippen MR) is 111 cm³/mol. The molecule has 1 aliphatic heterocycles. The molecule has 6 N–H and O–H groups in total. The number of hydrogen-bond acceptors (Lipinski definition) is 9. The Labute approximate surface area is 170 Å². The molecule has 29 heavy (non-hydrogen) atoms. The van der Waals surface area contributed by atoms with Gasteiger partial charge in [-0.2, -0.15) is 15.2 Å². The zero-order valence-electron chi connectivity index (χ0n) is 15.5. The number of benzene rings is 1. The van der Waals surface area contributed by atoms with E-state index in [-0.39, 0.29) is 34.7 Å². The Kier molecular flexibility index (Phi) is 4.70. The van der Waals surface area contributed by atoms with E-state index >= 15 is 0 Å². The average Bonchev–Trinajstić information content (AvgIpc) is 2.61. The molecule has 11 heteroatoms. The second-order valence-electron chi connectivity index (χ2n) is 6.76. The third-order valence-electron chi connectivity index (χ3n) is 4.84. The molecule has 3 aromatic rings. The first-order valence-corrected chi connectivity index (χ1v) is 9.29. The van der Waals surface area contributed by atoms with Crippen molar-refractivity contribution in [2.45, 2.75) is 19.0 Å². The van der Waals surface area contributed by atoms with E-state index in [0.29, 0.717) is 34.8 Å². The number of aromatic nitrogens is 4. The second kappa shape index (κ2) is 7.20. The highest BCUT2D eigenvalue weighted by Gasteiger charge is 2.28. The summed E-state index contributed by atoms with van der Waals surface area (Å²) in [6.45, 7) is 3.11. The van der Waals surface area contributed by atoms with Crippen LogP contribution in [0.25, 0.3) is 10.9 Å². The van der Waals surface area contributed by atoms with Crippen LogP contribution in [0.15, 0.2) is 23.0 Å². The molecule has 4 rings (SSSR count). The van der Waals surface area contributed by atoms with Gasteiger partial charge in [0.05, 0.1) is 28.0 Å². The number of nitrogen functional groups attached to an aromatic ring is 2. The van der Waals surface area contributed by atoms with Gasteiger partial charge in [0, 0.05) is 13.1 Å². The Morgan fingerprint density at radius 2 is 2.10 bits per heavy atom. The molecular formula is C18H18ClN9O. The van der Waals surface area contributed by atoms with Gasteiger partial charge in [-0.05, 0) is 19.1 Å². The van der Waals surface area contributed by atoms with Crippen LogP contribution in [0.3, 0.4) is 0 Å². The molecule has 1 fully saturated rings. The van der Waals surface area contributed by atoms with Crippen LogP contribution in [0, 0.1) is 11.3 Å². The van der Waals surface area contributed by atoms with Crippen LogP contribution in [0.5, 0.6) is 0 Å². The normalized spacial score (nSPS) is 14.9. The van der Waals surface area contributed by atoms with E-state index in [0.717, 1.165) is 0 Å². The molecule has 1 unspecified atom stereocenters. The van der Waals surface area contributed by atoms with Crippen molar-refractivity contribution in [2.24, 2.45) is 0 Å². The Balaban J connectivity index is 1.86. The molecule has 1 aromatic carbocycles. The molecule has 1 saturated heterocycles. The van der Waals surface area contributed by atoms with Gasteiger partial charge in [-0.15, -0.1) is 0 Å². The first-order valence-electron chi connectivity index (χ1n) is 8.91. The summed E-state index contributed by atoms with van der Waals surface area (Å²) < 4.78 is 1.64. The number of nitrogens with one attached hydrogen (secondary N) is 2. The zero-order chi connectivity index (χ0) is 20.7. The first kappa shape index (κ1) is 18.9. The van der Waals surface area contributed by atoms with Gasteiger partial charge in [0.1, 0.15) is 23.3 Å². The molecule has 10 nitrogen and oxygen atoms in total. The van der Waals surface area contributed by atoms with Gasteiger partial charge in [0.15, 0.2) is 5.82 Å². The summed E-state index contributed by atoms with van der Waals surface area (Å²) in [6.07, 6.45) is 0. The molecule has 0 aliphatic carbocycles. The van der Waals surface area contributed by atoms with E-state index in [2.05, 4.69) is 20.6 Å². The van der Waals surface area contributed by atoms with Gasteiger partial charge < -0.3 is 22.1 Å². The zero-order valence-corrected chi connectivity index (χ0v) is 16.2. The number of halogens is 1. The number of fused-ring (bicyclic) bond motifs is 1. The van der Waals surface area contributed by atoms with E-state index in [9.17, 15) is 10.1 Å². The maximum Gasteiger partial charge on any atom is 0.263 e. The van der Waals surface area contributed by atoms with Crippen molar-refractivity contribution in [1.29, 1.82) is 5.26 Å². The summed E-state index contributed by atoms with van der Waals surface area (Å²) in [4.78, 5) is 25.8. The van der Waals surface area contributed by atoms with Crippen molar-refractivity contribution < 1.29 is 0 Å². The number of rotatable bonds is 4. The van der Waals surface area contributed by atoms with Crippen LogP contribution in [-0.4, -0.2) is 32.6 Å².